The van der Waals surface area contributed by atoms with E-state index in [1.54, 1.807) is 12.1 Å². The van der Waals surface area contributed by atoms with E-state index in [1.165, 1.54) is 17.4 Å². The number of nitrogens with zero attached hydrogens (tertiary/aromatic N) is 4. The molecule has 0 bridgehead atoms. The summed E-state index contributed by atoms with van der Waals surface area (Å²) in [7, 11) is 0. The number of aryl methyl sites for hydroxylation is 1. The number of hydrogen-bond donors (Lipinski definition) is 0. The first-order chi connectivity index (χ1) is 14.2. The van der Waals surface area contributed by atoms with Crippen molar-refractivity contribution in [3.8, 4) is 11.3 Å². The molecule has 146 valence electrons. The molecule has 5 rings (SSSR count). The van der Waals surface area contributed by atoms with Crippen molar-refractivity contribution < 1.29 is 9.21 Å². The van der Waals surface area contributed by atoms with E-state index in [9.17, 15) is 4.79 Å². The minimum atomic E-state index is -0.0508. The van der Waals surface area contributed by atoms with E-state index >= 15 is 0 Å². The molecule has 29 heavy (non-hydrogen) atoms. The van der Waals surface area contributed by atoms with Gasteiger partial charge in [-0.2, -0.15) is 0 Å². The fourth-order valence-corrected chi connectivity index (χ4v) is 3.91. The largest absolute Gasteiger partial charge is 0.459 e. The summed E-state index contributed by atoms with van der Waals surface area (Å²) in [6.07, 6.45) is 5.39. The summed E-state index contributed by atoms with van der Waals surface area (Å²) >= 11 is 0. The molecule has 0 radical (unpaired) electrons. The van der Waals surface area contributed by atoms with Crippen LogP contribution in [0.2, 0.25) is 0 Å². The summed E-state index contributed by atoms with van der Waals surface area (Å²) in [4.78, 5) is 21.2. The summed E-state index contributed by atoms with van der Waals surface area (Å²) in [6.45, 7) is 4.87. The van der Waals surface area contributed by atoms with Crippen LogP contribution in [0.1, 0.15) is 16.1 Å². The van der Waals surface area contributed by atoms with Crippen LogP contribution in [-0.2, 0) is 0 Å². The van der Waals surface area contributed by atoms with E-state index in [2.05, 4.69) is 57.6 Å². The van der Waals surface area contributed by atoms with Gasteiger partial charge in [-0.15, -0.1) is 0 Å². The standard InChI is InChI=1S/C23H22N4O2/c1-17-4-6-18(7-5-17)19-8-9-20-22(24-10-11-27(19)20)25-12-14-26(15-13-25)23(28)21-3-2-16-29-21/h2-11,16H,12-15H2,1H3. The third-order valence-corrected chi connectivity index (χ3v) is 5.51. The molecule has 0 spiro atoms. The third-order valence-electron chi connectivity index (χ3n) is 5.51. The second kappa shape index (κ2) is 7.13. The SMILES string of the molecule is Cc1ccc(-c2ccc3c(N4CCN(C(=O)c5ccco5)CC4)nccn23)cc1. The molecule has 0 atom stereocenters. The lowest BCUT2D eigenvalue weighted by atomic mass is 10.1. The van der Waals surface area contributed by atoms with Gasteiger partial charge in [-0.05, 0) is 36.8 Å². The molecule has 1 fully saturated rings. The van der Waals surface area contributed by atoms with Gasteiger partial charge in [0, 0.05) is 38.6 Å². The van der Waals surface area contributed by atoms with E-state index in [1.807, 2.05) is 17.3 Å². The molecule has 0 N–H and O–H groups in total. The average molecular weight is 386 g/mol. The van der Waals surface area contributed by atoms with Crippen molar-refractivity contribution in [3.05, 3.63) is 78.5 Å². The fourth-order valence-electron chi connectivity index (χ4n) is 3.91. The number of benzene rings is 1. The number of furan rings is 1. The highest BCUT2D eigenvalue weighted by Gasteiger charge is 2.25. The van der Waals surface area contributed by atoms with E-state index in [4.69, 9.17) is 4.42 Å². The summed E-state index contributed by atoms with van der Waals surface area (Å²) < 4.78 is 7.44. The Morgan fingerprint density at radius 2 is 1.79 bits per heavy atom. The normalized spacial score (nSPS) is 14.5. The fraction of sp³-hybridized carbons (Fsp3) is 0.217. The van der Waals surface area contributed by atoms with Crippen molar-refractivity contribution in [1.82, 2.24) is 14.3 Å². The molecular weight excluding hydrogens is 364 g/mol. The Bertz CT molecular complexity index is 1140. The zero-order valence-corrected chi connectivity index (χ0v) is 16.3. The number of piperazine rings is 1. The van der Waals surface area contributed by atoms with Gasteiger partial charge < -0.3 is 18.6 Å². The quantitative estimate of drug-likeness (QED) is 0.536. The monoisotopic (exact) mass is 386 g/mol. The van der Waals surface area contributed by atoms with Gasteiger partial charge >= 0.3 is 0 Å². The van der Waals surface area contributed by atoms with Crippen LogP contribution in [0.3, 0.4) is 0 Å². The maximum atomic E-state index is 12.5. The van der Waals surface area contributed by atoms with Crippen LogP contribution in [0.4, 0.5) is 5.82 Å². The molecule has 0 unspecified atom stereocenters. The number of hydrogen-bond acceptors (Lipinski definition) is 4. The maximum Gasteiger partial charge on any atom is 0.289 e. The van der Waals surface area contributed by atoms with Crippen LogP contribution in [0.5, 0.6) is 0 Å². The highest BCUT2D eigenvalue weighted by molar-refractivity contribution is 5.91. The predicted molar refractivity (Wildman–Crippen MR) is 112 cm³/mol. The van der Waals surface area contributed by atoms with Crippen LogP contribution in [0.15, 0.2) is 71.6 Å². The van der Waals surface area contributed by atoms with Crippen molar-refractivity contribution in [2.24, 2.45) is 0 Å². The van der Waals surface area contributed by atoms with Crippen LogP contribution in [-0.4, -0.2) is 46.4 Å². The second-order valence-corrected chi connectivity index (χ2v) is 7.35. The topological polar surface area (TPSA) is 54.0 Å². The average Bonchev–Trinajstić information content (AvgIpc) is 3.44. The molecule has 1 amide bonds. The first-order valence-corrected chi connectivity index (χ1v) is 9.81. The Morgan fingerprint density at radius 3 is 2.52 bits per heavy atom. The molecular formula is C23H22N4O2. The minimum absolute atomic E-state index is 0.0508. The van der Waals surface area contributed by atoms with E-state index in [0.717, 1.165) is 30.1 Å². The number of anilines is 1. The summed E-state index contributed by atoms with van der Waals surface area (Å²) in [6, 6.07) is 16.3. The van der Waals surface area contributed by atoms with Crippen molar-refractivity contribution in [2.75, 3.05) is 31.1 Å². The smallest absolute Gasteiger partial charge is 0.289 e. The second-order valence-electron chi connectivity index (χ2n) is 7.35. The van der Waals surface area contributed by atoms with Gasteiger partial charge in [0.05, 0.1) is 17.5 Å². The zero-order chi connectivity index (χ0) is 19.8. The lowest BCUT2D eigenvalue weighted by Crippen LogP contribution is -2.49. The Hall–Kier alpha value is -3.54. The van der Waals surface area contributed by atoms with Crippen LogP contribution in [0.25, 0.3) is 16.8 Å². The van der Waals surface area contributed by atoms with Gasteiger partial charge in [-0.1, -0.05) is 29.8 Å². The van der Waals surface area contributed by atoms with Crippen molar-refractivity contribution in [2.45, 2.75) is 6.92 Å². The van der Waals surface area contributed by atoms with Crippen LogP contribution in [0, 0.1) is 6.92 Å². The van der Waals surface area contributed by atoms with Gasteiger partial charge in [0.25, 0.3) is 5.91 Å². The molecule has 4 heterocycles. The first kappa shape index (κ1) is 17.6. The molecule has 1 aliphatic rings. The molecule has 6 nitrogen and oxygen atoms in total. The van der Waals surface area contributed by atoms with E-state index in [0.29, 0.717) is 18.8 Å². The summed E-state index contributed by atoms with van der Waals surface area (Å²) in [5.74, 6) is 1.30. The molecule has 6 heteroatoms. The van der Waals surface area contributed by atoms with Crippen molar-refractivity contribution in [1.29, 1.82) is 0 Å². The van der Waals surface area contributed by atoms with E-state index < -0.39 is 0 Å². The number of carbonyl (C=O) groups excluding carboxylic acids is 1. The van der Waals surface area contributed by atoms with Crippen molar-refractivity contribution in [3.63, 3.8) is 0 Å². The Labute approximate surface area is 169 Å². The molecule has 0 aliphatic carbocycles. The van der Waals surface area contributed by atoms with Gasteiger partial charge in [0.2, 0.25) is 0 Å². The first-order valence-electron chi connectivity index (χ1n) is 9.81. The van der Waals surface area contributed by atoms with Crippen LogP contribution >= 0.6 is 0 Å². The highest BCUT2D eigenvalue weighted by atomic mass is 16.3. The van der Waals surface area contributed by atoms with Crippen molar-refractivity contribution >= 4 is 17.2 Å². The zero-order valence-electron chi connectivity index (χ0n) is 16.3. The molecule has 3 aromatic heterocycles. The number of amides is 1. The predicted octanol–water partition coefficient (Wildman–Crippen LogP) is 3.87. The number of carbonyl (C=O) groups is 1. The lowest BCUT2D eigenvalue weighted by molar-refractivity contribution is 0.0714. The molecule has 0 saturated carbocycles. The van der Waals surface area contributed by atoms with E-state index in [-0.39, 0.29) is 5.91 Å². The maximum absolute atomic E-state index is 12.5. The minimum Gasteiger partial charge on any atom is -0.459 e. The molecule has 1 aliphatic heterocycles. The van der Waals surface area contributed by atoms with Gasteiger partial charge in [-0.25, -0.2) is 4.98 Å². The molecule has 1 aromatic carbocycles. The number of rotatable bonds is 3. The van der Waals surface area contributed by atoms with Gasteiger partial charge in [0.15, 0.2) is 11.6 Å². The Balaban J connectivity index is 1.39. The molecule has 4 aromatic rings. The highest BCUT2D eigenvalue weighted by Crippen LogP contribution is 2.28. The number of aromatic nitrogens is 2. The lowest BCUT2D eigenvalue weighted by Gasteiger charge is -2.35. The molecule has 1 saturated heterocycles. The number of fused-ring (bicyclic) bond motifs is 1. The van der Waals surface area contributed by atoms with Gasteiger partial charge in [0.1, 0.15) is 0 Å². The Morgan fingerprint density at radius 1 is 1.00 bits per heavy atom. The van der Waals surface area contributed by atoms with Gasteiger partial charge in [-0.3, -0.25) is 4.79 Å². The third kappa shape index (κ3) is 3.16. The summed E-state index contributed by atoms with van der Waals surface area (Å²) in [5, 5.41) is 0. The summed E-state index contributed by atoms with van der Waals surface area (Å²) in [5.41, 5.74) is 4.66. The Kier molecular flexibility index (Phi) is 4.31. The van der Waals surface area contributed by atoms with Crippen LogP contribution < -0.4 is 4.90 Å².